The number of halogens is 2. The molecule has 0 bridgehead atoms. The van der Waals surface area contributed by atoms with Crippen LogP contribution in [0.4, 0.5) is 8.78 Å². The Balaban J connectivity index is 1.42. The monoisotopic (exact) mass is 534 g/mol. The molecular weight excluding hydrogens is 502 g/mol. The van der Waals surface area contributed by atoms with Crippen LogP contribution < -0.4 is 0 Å². The highest BCUT2D eigenvalue weighted by Gasteiger charge is 2.47. The Kier molecular flexibility index (Phi) is 7.60. The van der Waals surface area contributed by atoms with E-state index in [1.807, 2.05) is 0 Å². The first-order valence-corrected chi connectivity index (χ1v) is 12.8. The molecule has 2 fully saturated rings. The fourth-order valence-corrected chi connectivity index (χ4v) is 5.54. The van der Waals surface area contributed by atoms with E-state index in [0.29, 0.717) is 24.3 Å². The van der Waals surface area contributed by atoms with Gasteiger partial charge in [-0.05, 0) is 31.4 Å². The number of aryl methyl sites for hydroxylation is 1. The van der Waals surface area contributed by atoms with Gasteiger partial charge in [-0.3, -0.25) is 0 Å². The Morgan fingerprint density at radius 2 is 1.92 bits per heavy atom. The van der Waals surface area contributed by atoms with Gasteiger partial charge in [0.05, 0.1) is 24.6 Å². The minimum Gasteiger partial charge on any atom is -0.394 e. The third kappa shape index (κ3) is 4.87. The van der Waals surface area contributed by atoms with E-state index in [9.17, 15) is 24.1 Å². The van der Waals surface area contributed by atoms with E-state index < -0.39 is 54.3 Å². The molecule has 206 valence electrons. The molecule has 5 rings (SSSR count). The second-order valence-corrected chi connectivity index (χ2v) is 10.2. The molecule has 0 unspecified atom stereocenters. The molecule has 0 amide bonds. The van der Waals surface area contributed by atoms with Crippen LogP contribution in [0.2, 0.25) is 0 Å². The number of benzene rings is 1. The number of nitrogens with zero attached hydrogens (tertiary/aromatic N) is 4. The van der Waals surface area contributed by atoms with E-state index in [1.165, 1.54) is 37.0 Å². The van der Waals surface area contributed by atoms with Gasteiger partial charge in [0.2, 0.25) is 0 Å². The van der Waals surface area contributed by atoms with Crippen molar-refractivity contribution in [2.45, 2.75) is 81.5 Å². The van der Waals surface area contributed by atoms with E-state index in [2.05, 4.69) is 15.5 Å². The van der Waals surface area contributed by atoms with Gasteiger partial charge in [-0.1, -0.05) is 35.7 Å². The van der Waals surface area contributed by atoms with Crippen LogP contribution in [-0.2, 0) is 21.5 Å². The lowest BCUT2D eigenvalue weighted by atomic mass is 9.83. The first kappa shape index (κ1) is 26.8. The van der Waals surface area contributed by atoms with Gasteiger partial charge in [0, 0.05) is 25.2 Å². The molecule has 1 aromatic carbocycles. The molecule has 12 heteroatoms. The van der Waals surface area contributed by atoms with Crippen LogP contribution >= 0.6 is 0 Å². The summed E-state index contributed by atoms with van der Waals surface area (Å²) in [6.45, 7) is 0.983. The Labute approximate surface area is 218 Å². The topological polar surface area (TPSA) is 136 Å². The predicted octanol–water partition coefficient (Wildman–Crippen LogP) is 2.59. The van der Waals surface area contributed by atoms with Crippen LogP contribution in [0.3, 0.4) is 0 Å². The largest absolute Gasteiger partial charge is 0.394 e. The fourth-order valence-electron chi connectivity index (χ4n) is 5.54. The first-order valence-electron chi connectivity index (χ1n) is 12.8. The molecule has 38 heavy (non-hydrogen) atoms. The van der Waals surface area contributed by atoms with E-state index in [0.717, 1.165) is 19.3 Å². The summed E-state index contributed by atoms with van der Waals surface area (Å²) in [4.78, 5) is 0. The summed E-state index contributed by atoms with van der Waals surface area (Å²) in [5.74, 6) is -1.61. The third-order valence-electron chi connectivity index (χ3n) is 7.71. The first-order chi connectivity index (χ1) is 18.3. The number of aliphatic hydroxyl groups is 3. The molecule has 1 aliphatic carbocycles. The van der Waals surface area contributed by atoms with Crippen LogP contribution in [-0.4, -0.2) is 73.6 Å². The highest BCUT2D eigenvalue weighted by atomic mass is 19.2. The maximum absolute atomic E-state index is 14.6. The van der Waals surface area contributed by atoms with Crippen LogP contribution in [0.15, 0.2) is 28.9 Å². The highest BCUT2D eigenvalue weighted by Crippen LogP contribution is 2.38. The molecule has 2 aliphatic rings. The lowest BCUT2D eigenvalue weighted by Crippen LogP contribution is -2.57. The number of ether oxygens (including phenoxy) is 2. The Morgan fingerprint density at radius 3 is 2.63 bits per heavy atom. The van der Waals surface area contributed by atoms with Crippen molar-refractivity contribution >= 4 is 0 Å². The van der Waals surface area contributed by atoms with E-state index >= 15 is 0 Å². The smallest absolute Gasteiger partial charge is 0.168 e. The van der Waals surface area contributed by atoms with Gasteiger partial charge in [-0.15, -0.1) is 5.10 Å². The number of aromatic nitrogens is 4. The molecule has 3 heterocycles. The summed E-state index contributed by atoms with van der Waals surface area (Å²) >= 11 is 0. The van der Waals surface area contributed by atoms with Crippen LogP contribution in [0.25, 0.3) is 11.3 Å². The summed E-state index contributed by atoms with van der Waals surface area (Å²) < 4.78 is 47.3. The minimum absolute atomic E-state index is 0.0686. The molecule has 1 saturated carbocycles. The van der Waals surface area contributed by atoms with Gasteiger partial charge in [0.15, 0.2) is 17.4 Å². The summed E-state index contributed by atoms with van der Waals surface area (Å²) in [5.41, 5.74) is -0.353. The molecule has 10 nitrogen and oxygen atoms in total. The van der Waals surface area contributed by atoms with Crippen LogP contribution in [0.5, 0.6) is 0 Å². The molecule has 0 radical (unpaired) electrons. The lowest BCUT2D eigenvalue weighted by Gasteiger charge is -2.43. The molecule has 1 saturated heterocycles. The predicted molar refractivity (Wildman–Crippen MR) is 129 cm³/mol. The second-order valence-electron chi connectivity index (χ2n) is 10.2. The molecule has 1 aliphatic heterocycles. The van der Waals surface area contributed by atoms with Crippen molar-refractivity contribution in [1.82, 2.24) is 20.2 Å². The van der Waals surface area contributed by atoms with E-state index in [1.54, 1.807) is 6.07 Å². The molecule has 2 aromatic heterocycles. The summed E-state index contributed by atoms with van der Waals surface area (Å²) in [7, 11) is 1.45. The van der Waals surface area contributed by atoms with Crippen molar-refractivity contribution in [3.63, 3.8) is 0 Å². The Morgan fingerprint density at radius 1 is 1.16 bits per heavy atom. The number of aliphatic hydroxyl groups excluding tert-OH is 2. The molecule has 3 aromatic rings. The quantitative estimate of drug-likeness (QED) is 0.418. The molecule has 3 N–H and O–H groups in total. The number of hydrogen-bond acceptors (Lipinski definition) is 9. The zero-order chi connectivity index (χ0) is 27.0. The van der Waals surface area contributed by atoms with Crippen molar-refractivity contribution in [2.24, 2.45) is 0 Å². The van der Waals surface area contributed by atoms with Gasteiger partial charge in [-0.2, -0.15) is 0 Å². The molecule has 5 atom stereocenters. The molecule has 0 spiro atoms. The number of hydrogen-bond donors (Lipinski definition) is 3. The van der Waals surface area contributed by atoms with Gasteiger partial charge in [0.1, 0.15) is 35.6 Å². The zero-order valence-corrected chi connectivity index (χ0v) is 21.3. The van der Waals surface area contributed by atoms with Crippen LogP contribution in [0.1, 0.15) is 55.2 Å². The second kappa shape index (κ2) is 10.8. The fraction of sp³-hybridized carbons (Fsp3) is 0.577. The van der Waals surface area contributed by atoms with Gasteiger partial charge in [-0.25, -0.2) is 13.5 Å². The average molecular weight is 535 g/mol. The van der Waals surface area contributed by atoms with Gasteiger partial charge >= 0.3 is 0 Å². The van der Waals surface area contributed by atoms with Gasteiger partial charge in [0.25, 0.3) is 0 Å². The maximum atomic E-state index is 14.6. The minimum atomic E-state index is -1.24. The SMILES string of the molecule is CO[C@@H]1[C@@H](n2cc(-c3ccc(C)c(F)c3F)nn2)[C@@H](O)[C@@H](CO)O[C@@H]1Cc1cc(C2(O)CCCCC2)on1. The Hall–Kier alpha value is -2.77. The van der Waals surface area contributed by atoms with Crippen molar-refractivity contribution in [1.29, 1.82) is 0 Å². The summed E-state index contributed by atoms with van der Waals surface area (Å²) in [6, 6.07) is 3.70. The standard InChI is InChI=1S/C26H32F2N4O6/c1-14-6-7-16(22(28)21(14)27)17-12-32(31-29-17)23-24(34)19(13-33)37-18(25(23)36-2)10-15-11-20(38-30-15)26(35)8-4-3-5-9-26/h6-7,11-12,18-19,23-25,33-35H,3-5,8-10,13H2,1-2H3/t18-,19-,23+,24+,25+/m1/s1. The van der Waals surface area contributed by atoms with Gasteiger partial charge < -0.3 is 29.3 Å². The number of rotatable bonds is 7. The van der Waals surface area contributed by atoms with Crippen molar-refractivity contribution in [2.75, 3.05) is 13.7 Å². The lowest BCUT2D eigenvalue weighted by molar-refractivity contribution is -0.212. The number of methoxy groups -OCH3 is 1. The van der Waals surface area contributed by atoms with Crippen LogP contribution in [0, 0.1) is 18.6 Å². The third-order valence-corrected chi connectivity index (χ3v) is 7.71. The summed E-state index contributed by atoms with van der Waals surface area (Å²) in [6.07, 6.45) is 1.99. The average Bonchev–Trinajstić information content (AvgIpc) is 3.59. The Bertz CT molecular complexity index is 1260. The van der Waals surface area contributed by atoms with E-state index in [-0.39, 0.29) is 23.2 Å². The normalized spacial score (nSPS) is 27.5. The van der Waals surface area contributed by atoms with Crippen molar-refractivity contribution < 1.29 is 38.1 Å². The zero-order valence-electron chi connectivity index (χ0n) is 21.3. The summed E-state index contributed by atoms with van der Waals surface area (Å²) in [5, 5.41) is 44.2. The highest BCUT2D eigenvalue weighted by molar-refractivity contribution is 5.59. The maximum Gasteiger partial charge on any atom is 0.168 e. The van der Waals surface area contributed by atoms with E-state index in [4.69, 9.17) is 14.0 Å². The van der Waals surface area contributed by atoms with Crippen molar-refractivity contribution in [3.8, 4) is 11.3 Å². The molecular formula is C26H32F2N4O6. The van der Waals surface area contributed by atoms with Crippen molar-refractivity contribution in [3.05, 3.63) is 53.0 Å².